The largest absolute Gasteiger partial charge is 0.356 e. The van der Waals surface area contributed by atoms with Crippen LogP contribution in [0.2, 0.25) is 0 Å². The van der Waals surface area contributed by atoms with E-state index in [9.17, 15) is 9.59 Å². The molecule has 0 aliphatic rings. The van der Waals surface area contributed by atoms with Gasteiger partial charge in [0.2, 0.25) is 5.91 Å². The van der Waals surface area contributed by atoms with Crippen LogP contribution in [0, 0.1) is 19.8 Å². The van der Waals surface area contributed by atoms with Crippen LogP contribution < -0.4 is 10.6 Å². The summed E-state index contributed by atoms with van der Waals surface area (Å²) >= 11 is 1.39. The number of aryl methyl sites for hydroxylation is 2. The molecule has 2 amide bonds. The Balaban J connectivity index is 1.64. The molecule has 0 aliphatic heterocycles. The number of amides is 2. The smallest absolute Gasteiger partial charge is 0.261 e. The summed E-state index contributed by atoms with van der Waals surface area (Å²) in [4.78, 5) is 24.3. The number of rotatable bonds is 8. The molecule has 2 heterocycles. The number of aromatic nitrogens is 2. The van der Waals surface area contributed by atoms with E-state index in [-0.39, 0.29) is 24.2 Å². The average molecular weight is 348 g/mol. The van der Waals surface area contributed by atoms with E-state index >= 15 is 0 Å². The lowest BCUT2D eigenvalue weighted by Crippen LogP contribution is -2.33. The summed E-state index contributed by atoms with van der Waals surface area (Å²) in [5.74, 6) is 0.102. The number of thiophene rings is 1. The van der Waals surface area contributed by atoms with Gasteiger partial charge in [0.15, 0.2) is 0 Å². The van der Waals surface area contributed by atoms with Crippen molar-refractivity contribution in [2.45, 2.75) is 33.7 Å². The zero-order valence-corrected chi connectivity index (χ0v) is 15.2. The van der Waals surface area contributed by atoms with Crippen molar-refractivity contribution in [1.29, 1.82) is 0 Å². The summed E-state index contributed by atoms with van der Waals surface area (Å²) in [6.07, 6.45) is 0.281. The van der Waals surface area contributed by atoms with E-state index in [1.165, 1.54) is 11.3 Å². The van der Waals surface area contributed by atoms with E-state index in [0.29, 0.717) is 18.0 Å². The molecule has 0 unspecified atom stereocenters. The Morgan fingerprint density at radius 2 is 2.12 bits per heavy atom. The number of carbonyl (C=O) groups is 2. The van der Waals surface area contributed by atoms with Crippen molar-refractivity contribution in [1.82, 2.24) is 20.4 Å². The molecule has 2 rings (SSSR count). The molecule has 0 saturated carbocycles. The van der Waals surface area contributed by atoms with Gasteiger partial charge in [0.25, 0.3) is 5.91 Å². The van der Waals surface area contributed by atoms with Crippen LogP contribution in [0.15, 0.2) is 23.6 Å². The van der Waals surface area contributed by atoms with E-state index in [2.05, 4.69) is 22.7 Å². The van der Waals surface area contributed by atoms with Gasteiger partial charge in [-0.3, -0.25) is 14.3 Å². The molecule has 2 aromatic heterocycles. The Morgan fingerprint density at radius 3 is 2.75 bits per heavy atom. The minimum absolute atomic E-state index is 0.0540. The van der Waals surface area contributed by atoms with E-state index < -0.39 is 0 Å². The molecule has 0 radical (unpaired) electrons. The predicted octanol–water partition coefficient (Wildman–Crippen LogP) is 2.13. The molecule has 2 aromatic rings. The van der Waals surface area contributed by atoms with Gasteiger partial charge >= 0.3 is 0 Å². The van der Waals surface area contributed by atoms with E-state index in [4.69, 9.17) is 0 Å². The summed E-state index contributed by atoms with van der Waals surface area (Å²) in [7, 11) is 0. The molecule has 0 saturated heterocycles. The maximum absolute atomic E-state index is 11.9. The average Bonchev–Trinajstić information content (AvgIpc) is 3.15. The second-order valence-electron chi connectivity index (χ2n) is 6.00. The molecule has 130 valence electrons. The number of nitrogens with one attached hydrogen (secondary N) is 2. The van der Waals surface area contributed by atoms with Crippen LogP contribution in [0.3, 0.4) is 0 Å². The Labute approximate surface area is 146 Å². The topological polar surface area (TPSA) is 76.0 Å². The van der Waals surface area contributed by atoms with Gasteiger partial charge in [0.05, 0.1) is 10.6 Å². The number of hydrogen-bond acceptors (Lipinski definition) is 4. The minimum atomic E-state index is -0.129. The highest BCUT2D eigenvalue weighted by Crippen LogP contribution is 2.08. The molecule has 24 heavy (non-hydrogen) atoms. The molecule has 0 bridgehead atoms. The highest BCUT2D eigenvalue weighted by atomic mass is 32.1. The Hall–Kier alpha value is -2.15. The third-order valence-corrected chi connectivity index (χ3v) is 4.49. The van der Waals surface area contributed by atoms with Gasteiger partial charge in [-0.2, -0.15) is 5.10 Å². The first-order valence-corrected chi connectivity index (χ1v) is 8.93. The maximum atomic E-state index is 11.9. The van der Waals surface area contributed by atoms with Gasteiger partial charge in [0.1, 0.15) is 0 Å². The normalized spacial score (nSPS) is 12.0. The minimum Gasteiger partial charge on any atom is -0.356 e. The number of carbonyl (C=O) groups excluding carboxylic acids is 2. The molecule has 1 atom stereocenters. The second-order valence-corrected chi connectivity index (χ2v) is 6.95. The molecule has 0 fully saturated rings. The Morgan fingerprint density at radius 1 is 1.33 bits per heavy atom. The van der Waals surface area contributed by atoms with E-state index in [1.54, 1.807) is 6.07 Å². The van der Waals surface area contributed by atoms with Crippen LogP contribution in [-0.2, 0) is 11.3 Å². The summed E-state index contributed by atoms with van der Waals surface area (Å²) in [6.45, 7) is 7.79. The van der Waals surface area contributed by atoms with Gasteiger partial charge in [-0.15, -0.1) is 11.3 Å². The summed E-state index contributed by atoms with van der Waals surface area (Å²) in [5.41, 5.74) is 2.13. The molecule has 0 spiro atoms. The summed E-state index contributed by atoms with van der Waals surface area (Å²) in [6, 6.07) is 5.64. The Kier molecular flexibility index (Phi) is 6.54. The lowest BCUT2D eigenvalue weighted by Gasteiger charge is -2.14. The van der Waals surface area contributed by atoms with Gasteiger partial charge in [0, 0.05) is 31.7 Å². The van der Waals surface area contributed by atoms with Crippen LogP contribution in [-0.4, -0.2) is 34.7 Å². The summed E-state index contributed by atoms with van der Waals surface area (Å²) < 4.78 is 1.97. The van der Waals surface area contributed by atoms with Gasteiger partial charge < -0.3 is 10.6 Å². The van der Waals surface area contributed by atoms with Crippen molar-refractivity contribution in [3.8, 4) is 0 Å². The predicted molar refractivity (Wildman–Crippen MR) is 95.1 cm³/mol. The standard InChI is InChI=1S/C17H24N4O2S/c1-12(11-21-14(3)9-13(2)20-21)10-19-16(22)6-7-18-17(23)15-5-4-8-24-15/h4-5,8-9,12H,6-7,10-11H2,1-3H3,(H,18,23)(H,19,22)/t12-/m0/s1. The fourth-order valence-corrected chi connectivity index (χ4v) is 3.02. The van der Waals surface area contributed by atoms with Crippen LogP contribution in [0.25, 0.3) is 0 Å². The van der Waals surface area contributed by atoms with Crippen LogP contribution in [0.5, 0.6) is 0 Å². The van der Waals surface area contributed by atoms with Crippen molar-refractivity contribution in [3.05, 3.63) is 39.8 Å². The van der Waals surface area contributed by atoms with Crippen molar-refractivity contribution in [3.63, 3.8) is 0 Å². The third-order valence-electron chi connectivity index (χ3n) is 3.62. The number of hydrogen-bond donors (Lipinski definition) is 2. The van der Waals surface area contributed by atoms with E-state index in [0.717, 1.165) is 17.9 Å². The monoisotopic (exact) mass is 348 g/mol. The first kappa shape index (κ1) is 18.2. The fraction of sp³-hybridized carbons (Fsp3) is 0.471. The fourth-order valence-electron chi connectivity index (χ4n) is 2.38. The third kappa shape index (κ3) is 5.49. The Bertz CT molecular complexity index is 679. The van der Waals surface area contributed by atoms with Gasteiger partial charge in [-0.1, -0.05) is 13.0 Å². The number of nitrogens with zero attached hydrogens (tertiary/aromatic N) is 2. The molecule has 7 heteroatoms. The first-order chi connectivity index (χ1) is 11.5. The van der Waals surface area contributed by atoms with Crippen molar-refractivity contribution < 1.29 is 9.59 Å². The van der Waals surface area contributed by atoms with Crippen LogP contribution in [0.1, 0.15) is 34.4 Å². The first-order valence-electron chi connectivity index (χ1n) is 8.05. The zero-order valence-electron chi connectivity index (χ0n) is 14.3. The molecular formula is C17H24N4O2S. The van der Waals surface area contributed by atoms with Crippen molar-refractivity contribution >= 4 is 23.2 Å². The highest BCUT2D eigenvalue weighted by Gasteiger charge is 2.10. The van der Waals surface area contributed by atoms with Crippen molar-refractivity contribution in [2.75, 3.05) is 13.1 Å². The molecule has 0 aliphatic carbocycles. The highest BCUT2D eigenvalue weighted by molar-refractivity contribution is 7.12. The molecule has 2 N–H and O–H groups in total. The molecule has 0 aromatic carbocycles. The second kappa shape index (κ2) is 8.63. The van der Waals surface area contributed by atoms with Crippen LogP contribution >= 0.6 is 11.3 Å². The van der Waals surface area contributed by atoms with Gasteiger partial charge in [-0.25, -0.2) is 0 Å². The maximum Gasteiger partial charge on any atom is 0.261 e. The van der Waals surface area contributed by atoms with Crippen molar-refractivity contribution in [2.24, 2.45) is 5.92 Å². The summed E-state index contributed by atoms with van der Waals surface area (Å²) in [5, 5.41) is 11.9. The van der Waals surface area contributed by atoms with Gasteiger partial charge in [-0.05, 0) is 37.3 Å². The lowest BCUT2D eigenvalue weighted by molar-refractivity contribution is -0.121. The molecule has 6 nitrogen and oxygen atoms in total. The quantitative estimate of drug-likeness (QED) is 0.767. The van der Waals surface area contributed by atoms with Crippen LogP contribution in [0.4, 0.5) is 0 Å². The lowest BCUT2D eigenvalue weighted by atomic mass is 10.2. The molecular weight excluding hydrogens is 324 g/mol. The SMILES string of the molecule is Cc1cc(C)n(C[C@@H](C)CNC(=O)CCNC(=O)c2cccs2)n1. The van der Waals surface area contributed by atoms with E-state index in [1.807, 2.05) is 36.0 Å². The zero-order chi connectivity index (χ0) is 17.5.